The lowest BCUT2D eigenvalue weighted by molar-refractivity contribution is -0.140. The summed E-state index contributed by atoms with van der Waals surface area (Å²) in [5.74, 6) is -0.802. The van der Waals surface area contributed by atoms with Crippen molar-refractivity contribution >= 4 is 39.1 Å². The highest BCUT2D eigenvalue weighted by molar-refractivity contribution is 7.92. The lowest BCUT2D eigenvalue weighted by atomic mass is 10.0. The number of sulfonamides is 1. The zero-order chi connectivity index (χ0) is 27.9. The van der Waals surface area contributed by atoms with Gasteiger partial charge in [0, 0.05) is 24.5 Å². The molecule has 0 bridgehead atoms. The number of likely N-dealkylation sites (N-methyl/N-ethyl adjacent to an activating group) is 1. The van der Waals surface area contributed by atoms with Crippen molar-refractivity contribution in [3.8, 4) is 0 Å². The third-order valence-corrected chi connectivity index (χ3v) is 7.58. The fourth-order valence-corrected chi connectivity index (χ4v) is 5.25. The Kier molecular flexibility index (Phi) is 9.94. The fraction of sp³-hybridized carbons (Fsp3) is 0.310. The average molecular weight is 556 g/mol. The van der Waals surface area contributed by atoms with Crippen molar-refractivity contribution in [2.24, 2.45) is 0 Å². The van der Waals surface area contributed by atoms with Gasteiger partial charge in [0.15, 0.2) is 0 Å². The normalized spacial score (nSPS) is 12.0. The maximum atomic E-state index is 14.0. The van der Waals surface area contributed by atoms with Gasteiger partial charge in [-0.3, -0.25) is 13.9 Å². The summed E-state index contributed by atoms with van der Waals surface area (Å²) in [4.78, 5) is 28.8. The van der Waals surface area contributed by atoms with Crippen molar-refractivity contribution in [1.29, 1.82) is 0 Å². The Morgan fingerprint density at radius 1 is 0.947 bits per heavy atom. The Hall–Kier alpha value is -3.36. The Labute approximate surface area is 230 Å². The van der Waals surface area contributed by atoms with E-state index < -0.39 is 28.5 Å². The van der Waals surface area contributed by atoms with Crippen LogP contribution in [0, 0.1) is 13.8 Å². The predicted molar refractivity (Wildman–Crippen MR) is 153 cm³/mol. The molecular formula is C29H34ClN3O4S. The molecule has 0 spiro atoms. The van der Waals surface area contributed by atoms with Gasteiger partial charge in [-0.25, -0.2) is 8.42 Å². The van der Waals surface area contributed by atoms with E-state index in [1.165, 1.54) is 11.0 Å². The molecule has 0 saturated carbocycles. The molecule has 0 aliphatic carbocycles. The van der Waals surface area contributed by atoms with Crippen LogP contribution in [0.3, 0.4) is 0 Å². The molecule has 1 atom stereocenters. The van der Waals surface area contributed by atoms with E-state index >= 15 is 0 Å². The van der Waals surface area contributed by atoms with Crippen LogP contribution in [0.2, 0.25) is 5.02 Å². The van der Waals surface area contributed by atoms with E-state index in [4.69, 9.17) is 11.6 Å². The molecule has 0 fully saturated rings. The highest BCUT2D eigenvalue weighted by atomic mass is 35.5. The summed E-state index contributed by atoms with van der Waals surface area (Å²) in [6.07, 6.45) is 1.33. The lowest BCUT2D eigenvalue weighted by Crippen LogP contribution is -2.53. The van der Waals surface area contributed by atoms with Crippen LogP contribution >= 0.6 is 11.6 Å². The van der Waals surface area contributed by atoms with Crippen LogP contribution in [0.4, 0.5) is 5.69 Å². The van der Waals surface area contributed by atoms with Crippen molar-refractivity contribution in [2.45, 2.75) is 39.8 Å². The van der Waals surface area contributed by atoms with E-state index in [-0.39, 0.29) is 18.9 Å². The molecule has 0 heterocycles. The van der Waals surface area contributed by atoms with Crippen molar-refractivity contribution < 1.29 is 18.0 Å². The van der Waals surface area contributed by atoms with Gasteiger partial charge < -0.3 is 10.2 Å². The molecule has 3 rings (SSSR count). The molecule has 1 N–H and O–H groups in total. The zero-order valence-corrected chi connectivity index (χ0v) is 23.7. The number of amides is 2. The second-order valence-corrected chi connectivity index (χ2v) is 11.7. The smallest absolute Gasteiger partial charge is 0.244 e. The van der Waals surface area contributed by atoms with Crippen molar-refractivity contribution in [2.75, 3.05) is 23.7 Å². The maximum Gasteiger partial charge on any atom is 0.244 e. The first kappa shape index (κ1) is 29.2. The molecule has 3 aromatic rings. The summed E-state index contributed by atoms with van der Waals surface area (Å²) < 4.78 is 26.8. The summed E-state index contributed by atoms with van der Waals surface area (Å²) in [6.45, 7) is 5.60. The molecule has 2 amide bonds. The molecule has 1 unspecified atom stereocenters. The third kappa shape index (κ3) is 7.82. The van der Waals surface area contributed by atoms with Crippen LogP contribution in [0.15, 0.2) is 72.8 Å². The van der Waals surface area contributed by atoms with Crippen molar-refractivity contribution in [3.63, 3.8) is 0 Å². The minimum absolute atomic E-state index is 0.139. The molecule has 0 aliphatic rings. The van der Waals surface area contributed by atoms with Crippen LogP contribution in [0.1, 0.15) is 29.2 Å². The lowest BCUT2D eigenvalue weighted by Gasteiger charge is -2.33. The standard InChI is InChI=1S/C29H34ClN3O4S/c1-5-31-29(35)27(17-23-9-7-6-8-10-23)32(19-24-14-11-21(2)12-15-24)28(34)20-33(38(4,36)37)26-18-25(30)16-13-22(26)3/h6-16,18,27H,5,17,19-20H2,1-4H3,(H,31,35). The third-order valence-electron chi connectivity index (χ3n) is 6.21. The zero-order valence-electron chi connectivity index (χ0n) is 22.1. The number of aryl methyl sites for hydroxylation is 2. The second-order valence-electron chi connectivity index (χ2n) is 9.31. The highest BCUT2D eigenvalue weighted by Gasteiger charge is 2.33. The average Bonchev–Trinajstić information content (AvgIpc) is 2.87. The molecule has 9 heteroatoms. The van der Waals surface area contributed by atoms with Gasteiger partial charge in [-0.1, -0.05) is 77.8 Å². The van der Waals surface area contributed by atoms with Crippen LogP contribution < -0.4 is 9.62 Å². The SMILES string of the molecule is CCNC(=O)C(Cc1ccccc1)N(Cc1ccc(C)cc1)C(=O)CN(c1cc(Cl)ccc1C)S(C)(=O)=O. The van der Waals surface area contributed by atoms with E-state index in [0.29, 0.717) is 22.8 Å². The summed E-state index contributed by atoms with van der Waals surface area (Å²) in [5.41, 5.74) is 3.76. The highest BCUT2D eigenvalue weighted by Crippen LogP contribution is 2.27. The van der Waals surface area contributed by atoms with Gasteiger partial charge in [0.1, 0.15) is 12.6 Å². The van der Waals surface area contributed by atoms with Gasteiger partial charge in [0.05, 0.1) is 11.9 Å². The molecule has 202 valence electrons. The molecule has 0 saturated heterocycles. The van der Waals surface area contributed by atoms with Crippen LogP contribution in [0.25, 0.3) is 0 Å². The second kappa shape index (κ2) is 12.9. The van der Waals surface area contributed by atoms with Gasteiger partial charge in [-0.15, -0.1) is 0 Å². The van der Waals surface area contributed by atoms with Gasteiger partial charge in [-0.05, 0) is 49.6 Å². The Morgan fingerprint density at radius 3 is 2.21 bits per heavy atom. The van der Waals surface area contributed by atoms with E-state index in [0.717, 1.165) is 27.3 Å². The first-order valence-corrected chi connectivity index (χ1v) is 14.6. The van der Waals surface area contributed by atoms with Crippen LogP contribution in [-0.2, 0) is 32.6 Å². The van der Waals surface area contributed by atoms with Gasteiger partial charge >= 0.3 is 0 Å². The molecule has 3 aromatic carbocycles. The van der Waals surface area contributed by atoms with Crippen LogP contribution in [0.5, 0.6) is 0 Å². The summed E-state index contributed by atoms with van der Waals surface area (Å²) >= 11 is 6.18. The Morgan fingerprint density at radius 2 is 1.61 bits per heavy atom. The monoisotopic (exact) mass is 555 g/mol. The minimum Gasteiger partial charge on any atom is -0.355 e. The number of rotatable bonds is 11. The van der Waals surface area contributed by atoms with E-state index in [9.17, 15) is 18.0 Å². The topological polar surface area (TPSA) is 86.8 Å². The number of halogens is 1. The van der Waals surface area contributed by atoms with Crippen molar-refractivity contribution in [3.05, 3.63) is 100 Å². The number of carbonyl (C=O) groups excluding carboxylic acids is 2. The summed E-state index contributed by atoms with van der Waals surface area (Å²) in [6, 6.07) is 21.2. The maximum absolute atomic E-state index is 14.0. The van der Waals surface area contributed by atoms with Crippen LogP contribution in [-0.4, -0.2) is 50.5 Å². The molecule has 0 aromatic heterocycles. The Balaban J connectivity index is 2.06. The number of nitrogens with zero attached hydrogens (tertiary/aromatic N) is 2. The predicted octanol–water partition coefficient (Wildman–Crippen LogP) is 4.50. The Bertz CT molecular complexity index is 1360. The van der Waals surface area contributed by atoms with Gasteiger partial charge in [-0.2, -0.15) is 0 Å². The quantitative estimate of drug-likeness (QED) is 0.377. The van der Waals surface area contributed by atoms with Gasteiger partial charge in [0.2, 0.25) is 21.8 Å². The first-order chi connectivity index (χ1) is 18.0. The fourth-order valence-electron chi connectivity index (χ4n) is 4.18. The molecule has 7 nitrogen and oxygen atoms in total. The number of carbonyl (C=O) groups is 2. The number of benzene rings is 3. The molecular weight excluding hydrogens is 522 g/mol. The number of anilines is 1. The number of nitrogens with one attached hydrogen (secondary N) is 1. The van der Waals surface area contributed by atoms with E-state index in [1.807, 2.05) is 68.4 Å². The largest absolute Gasteiger partial charge is 0.355 e. The van der Waals surface area contributed by atoms with Crippen molar-refractivity contribution in [1.82, 2.24) is 10.2 Å². The first-order valence-electron chi connectivity index (χ1n) is 12.4. The number of hydrogen-bond donors (Lipinski definition) is 1. The summed E-state index contributed by atoms with van der Waals surface area (Å²) in [5, 5.41) is 3.20. The summed E-state index contributed by atoms with van der Waals surface area (Å²) in [7, 11) is -3.85. The molecule has 38 heavy (non-hydrogen) atoms. The van der Waals surface area contributed by atoms with E-state index in [1.54, 1.807) is 19.1 Å². The van der Waals surface area contributed by atoms with E-state index in [2.05, 4.69) is 5.32 Å². The molecule has 0 radical (unpaired) electrons. The molecule has 0 aliphatic heterocycles. The number of hydrogen-bond acceptors (Lipinski definition) is 4. The van der Waals surface area contributed by atoms with Gasteiger partial charge in [0.25, 0.3) is 0 Å². The minimum atomic E-state index is -3.85.